The van der Waals surface area contributed by atoms with Gasteiger partial charge in [0.25, 0.3) is 0 Å². The average Bonchev–Trinajstić information content (AvgIpc) is 3.05. The summed E-state index contributed by atoms with van der Waals surface area (Å²) in [4.78, 5) is 7.85. The van der Waals surface area contributed by atoms with Gasteiger partial charge < -0.3 is 9.80 Å². The molecule has 3 heteroatoms. The highest BCUT2D eigenvalue weighted by Crippen LogP contribution is 2.53. The maximum atomic E-state index is 7.78. The number of hydrogen-bond acceptors (Lipinski definition) is 3. The van der Waals surface area contributed by atoms with Crippen molar-refractivity contribution in [1.29, 1.82) is 0 Å². The number of rotatable bonds is 1. The molecule has 2 aromatic rings. The Hall–Kier alpha value is -2.29. The lowest BCUT2D eigenvalue weighted by Gasteiger charge is -2.33. The third kappa shape index (κ3) is 1.79. The van der Waals surface area contributed by atoms with Crippen LogP contribution in [0.3, 0.4) is 0 Å². The number of aromatic nitrogens is 1. The molecule has 2 heterocycles. The van der Waals surface area contributed by atoms with Gasteiger partial charge in [0.2, 0.25) is 0 Å². The fourth-order valence-electron chi connectivity index (χ4n) is 3.94. The van der Waals surface area contributed by atoms with Gasteiger partial charge in [0.05, 0.1) is 5.69 Å². The van der Waals surface area contributed by atoms with E-state index in [0.717, 1.165) is 11.3 Å². The molecule has 23 heavy (non-hydrogen) atoms. The monoisotopic (exact) mass is 308 g/mol. The van der Waals surface area contributed by atoms with Crippen LogP contribution in [0.4, 0.5) is 5.69 Å². The number of aryl methyl sites for hydroxylation is 1. The highest BCUT2D eigenvalue weighted by atomic mass is 15.4. The molecule has 1 atom stereocenters. The summed E-state index contributed by atoms with van der Waals surface area (Å²) in [6.45, 7) is 6.30. The first-order valence-corrected chi connectivity index (χ1v) is 7.98. The molecule has 2 aliphatic rings. The maximum absolute atomic E-state index is 7.78. The summed E-state index contributed by atoms with van der Waals surface area (Å²) in [5.41, 5.74) is 6.92. The van der Waals surface area contributed by atoms with Gasteiger partial charge in [-0.3, -0.25) is 4.98 Å². The number of pyridine rings is 1. The Balaban J connectivity index is 1.91. The van der Waals surface area contributed by atoms with E-state index in [9.17, 15) is 0 Å². The minimum absolute atomic E-state index is 0.193. The molecule has 3 nitrogen and oxygen atoms in total. The van der Waals surface area contributed by atoms with Crippen molar-refractivity contribution >= 4 is 5.69 Å². The van der Waals surface area contributed by atoms with Crippen molar-refractivity contribution in [2.75, 3.05) is 11.9 Å². The van der Waals surface area contributed by atoms with Crippen molar-refractivity contribution in [2.24, 2.45) is 0 Å². The smallest absolute Gasteiger partial charge is 0.102 e. The number of benzene rings is 1. The lowest BCUT2D eigenvalue weighted by atomic mass is 9.81. The highest BCUT2D eigenvalue weighted by molar-refractivity contribution is 5.87. The topological polar surface area (TPSA) is 19.4 Å². The Morgan fingerprint density at radius 3 is 2.74 bits per heavy atom. The summed E-state index contributed by atoms with van der Waals surface area (Å²) in [5.74, 6) is 0. The quantitative estimate of drug-likeness (QED) is 0.784. The van der Waals surface area contributed by atoms with Crippen molar-refractivity contribution in [3.05, 3.63) is 59.7 Å². The van der Waals surface area contributed by atoms with Gasteiger partial charge in [-0.15, -0.1) is 0 Å². The van der Waals surface area contributed by atoms with Crippen molar-refractivity contribution in [2.45, 2.75) is 39.3 Å². The van der Waals surface area contributed by atoms with E-state index in [1.807, 2.05) is 25.5 Å². The van der Waals surface area contributed by atoms with Crippen LogP contribution in [0.25, 0.3) is 11.1 Å². The van der Waals surface area contributed by atoms with Gasteiger partial charge in [-0.05, 0) is 47.7 Å². The van der Waals surface area contributed by atoms with E-state index in [2.05, 4.69) is 48.9 Å². The van der Waals surface area contributed by atoms with Crippen molar-refractivity contribution in [3.8, 4) is 11.1 Å². The molecule has 0 unspecified atom stereocenters. The van der Waals surface area contributed by atoms with Crippen LogP contribution in [0.1, 0.15) is 41.6 Å². The standard InChI is InChI=1S/C20H23N3/c1-13-6-7-16-15-8-9-21-12-17(15)20(3,4)18(16)19(13)23-11-10-22(5)14(23)2/h6-12,14H,1-5H3/t14-/m0/s1/i5D3. The van der Waals surface area contributed by atoms with Crippen LogP contribution in [0.2, 0.25) is 0 Å². The summed E-state index contributed by atoms with van der Waals surface area (Å²) < 4.78 is 23.3. The Morgan fingerprint density at radius 2 is 2.00 bits per heavy atom. The minimum atomic E-state index is -2.15. The second-order valence-electron chi connectivity index (χ2n) is 6.94. The third-order valence-electron chi connectivity index (χ3n) is 5.24. The zero-order chi connectivity index (χ0) is 18.9. The Labute approximate surface area is 142 Å². The average molecular weight is 308 g/mol. The minimum Gasteiger partial charge on any atom is -0.359 e. The van der Waals surface area contributed by atoms with Gasteiger partial charge in [-0.1, -0.05) is 26.0 Å². The summed E-state index contributed by atoms with van der Waals surface area (Å²) >= 11 is 0. The molecule has 0 N–H and O–H groups in total. The number of hydrogen-bond donors (Lipinski definition) is 0. The SMILES string of the molecule is [2H]C([2H])([2H])N1C=CN(c2c(C)ccc3c2C(C)(C)c2cnccc2-3)[C@H]1C. The van der Waals surface area contributed by atoms with Crippen LogP contribution in [0, 0.1) is 6.92 Å². The zero-order valence-electron chi connectivity index (χ0n) is 17.0. The van der Waals surface area contributed by atoms with Crippen LogP contribution >= 0.6 is 0 Å². The van der Waals surface area contributed by atoms with Gasteiger partial charge >= 0.3 is 0 Å². The summed E-state index contributed by atoms with van der Waals surface area (Å²) in [6.07, 6.45) is 7.07. The zero-order valence-corrected chi connectivity index (χ0v) is 14.0. The molecular weight excluding hydrogens is 282 g/mol. The molecule has 4 rings (SSSR count). The summed E-state index contributed by atoms with van der Waals surface area (Å²) in [5, 5.41) is 0. The molecule has 0 saturated heterocycles. The van der Waals surface area contributed by atoms with Crippen LogP contribution in [-0.2, 0) is 5.41 Å². The Bertz CT molecular complexity index is 915. The van der Waals surface area contributed by atoms with Crippen molar-refractivity contribution in [1.82, 2.24) is 9.88 Å². The van der Waals surface area contributed by atoms with Gasteiger partial charge in [-0.2, -0.15) is 0 Å². The predicted molar refractivity (Wildman–Crippen MR) is 95.4 cm³/mol. The summed E-state index contributed by atoms with van der Waals surface area (Å²) in [6, 6.07) is 6.37. The van der Waals surface area contributed by atoms with Gasteiger partial charge in [-0.25, -0.2) is 0 Å². The molecule has 0 spiro atoms. The predicted octanol–water partition coefficient (Wildman–Crippen LogP) is 4.27. The number of fused-ring (bicyclic) bond motifs is 3. The van der Waals surface area contributed by atoms with Crippen LogP contribution in [0.5, 0.6) is 0 Å². The highest BCUT2D eigenvalue weighted by Gasteiger charge is 2.40. The molecule has 0 radical (unpaired) electrons. The molecule has 1 aromatic carbocycles. The maximum Gasteiger partial charge on any atom is 0.102 e. The van der Waals surface area contributed by atoms with E-state index in [1.54, 1.807) is 6.20 Å². The first-order valence-electron chi connectivity index (χ1n) is 9.48. The number of anilines is 1. The van der Waals surface area contributed by atoms with E-state index >= 15 is 0 Å². The van der Waals surface area contributed by atoms with Crippen molar-refractivity contribution in [3.63, 3.8) is 0 Å². The second-order valence-corrected chi connectivity index (χ2v) is 6.94. The van der Waals surface area contributed by atoms with Crippen LogP contribution < -0.4 is 4.90 Å². The molecule has 1 aliphatic heterocycles. The lowest BCUT2D eigenvalue weighted by Crippen LogP contribution is -2.35. The lowest BCUT2D eigenvalue weighted by molar-refractivity contribution is 0.382. The van der Waals surface area contributed by atoms with E-state index in [-0.39, 0.29) is 11.6 Å². The van der Waals surface area contributed by atoms with Gasteiger partial charge in [0.15, 0.2) is 0 Å². The van der Waals surface area contributed by atoms with E-state index < -0.39 is 6.98 Å². The van der Waals surface area contributed by atoms with E-state index in [0.29, 0.717) is 0 Å². The fourth-order valence-corrected chi connectivity index (χ4v) is 3.94. The molecular formula is C20H23N3. The van der Waals surface area contributed by atoms with E-state index in [1.165, 1.54) is 27.2 Å². The Kier molecular flexibility index (Phi) is 2.26. The number of nitrogens with zero attached hydrogens (tertiary/aromatic N) is 3. The molecule has 1 aromatic heterocycles. The normalized spacial score (nSPS) is 23.3. The summed E-state index contributed by atoms with van der Waals surface area (Å²) in [7, 11) is 0. The largest absolute Gasteiger partial charge is 0.359 e. The first kappa shape index (κ1) is 11.3. The molecule has 0 amide bonds. The third-order valence-corrected chi connectivity index (χ3v) is 5.24. The fraction of sp³-hybridized carbons (Fsp3) is 0.350. The van der Waals surface area contributed by atoms with Gasteiger partial charge in [0, 0.05) is 41.3 Å². The molecule has 118 valence electrons. The van der Waals surface area contributed by atoms with Crippen LogP contribution in [-0.4, -0.2) is 23.0 Å². The molecule has 0 fully saturated rings. The molecule has 0 saturated carbocycles. The van der Waals surface area contributed by atoms with E-state index in [4.69, 9.17) is 4.11 Å². The molecule has 1 aliphatic carbocycles. The van der Waals surface area contributed by atoms with Gasteiger partial charge in [0.1, 0.15) is 6.17 Å². The van der Waals surface area contributed by atoms with Crippen LogP contribution in [0.15, 0.2) is 43.0 Å². The first-order chi connectivity index (χ1) is 12.1. The second kappa shape index (κ2) is 4.60. The molecule has 0 bridgehead atoms. The van der Waals surface area contributed by atoms with Crippen molar-refractivity contribution < 1.29 is 4.11 Å². The Morgan fingerprint density at radius 1 is 1.17 bits per heavy atom.